The van der Waals surface area contributed by atoms with Gasteiger partial charge in [-0.05, 0) is 31.9 Å². The first-order chi connectivity index (χ1) is 11.3. The van der Waals surface area contributed by atoms with Crippen LogP contribution in [0.2, 0.25) is 0 Å². The second-order valence-electron chi connectivity index (χ2n) is 6.44. The second-order valence-corrected chi connectivity index (χ2v) is 6.44. The molecule has 132 valence electrons. The summed E-state index contributed by atoms with van der Waals surface area (Å²) in [6.07, 6.45) is 0.309. The summed E-state index contributed by atoms with van der Waals surface area (Å²) in [5, 5.41) is 2.89. The lowest BCUT2D eigenvalue weighted by molar-refractivity contribution is -0.138. The molecule has 0 bridgehead atoms. The van der Waals surface area contributed by atoms with Gasteiger partial charge in [0.15, 0.2) is 0 Å². The average Bonchev–Trinajstić information content (AvgIpc) is 2.91. The van der Waals surface area contributed by atoms with Gasteiger partial charge in [-0.15, -0.1) is 0 Å². The number of piperidine rings is 1. The number of amides is 1. The van der Waals surface area contributed by atoms with Crippen molar-refractivity contribution >= 4 is 5.91 Å². The van der Waals surface area contributed by atoms with Crippen molar-refractivity contribution in [3.63, 3.8) is 0 Å². The normalized spacial score (nSPS) is 24.6. The van der Waals surface area contributed by atoms with Crippen molar-refractivity contribution in [3.8, 4) is 0 Å². The van der Waals surface area contributed by atoms with Crippen molar-refractivity contribution in [2.75, 3.05) is 13.1 Å². The van der Waals surface area contributed by atoms with Crippen LogP contribution in [-0.2, 0) is 17.5 Å². The summed E-state index contributed by atoms with van der Waals surface area (Å²) < 4.78 is 39.0. The molecular formula is C16H20F3N3O2. The highest BCUT2D eigenvalue weighted by Crippen LogP contribution is 2.28. The molecule has 0 spiro atoms. The SMILES string of the molecule is O=C(Cn1cc(C(F)(F)F)ccc1=O)N[C@@H]1CCN2CCCC[C@@H]12. The van der Waals surface area contributed by atoms with Crippen molar-refractivity contribution < 1.29 is 18.0 Å². The molecule has 2 saturated heterocycles. The van der Waals surface area contributed by atoms with Crippen LogP contribution in [0.5, 0.6) is 0 Å². The van der Waals surface area contributed by atoms with Crippen LogP contribution in [0, 0.1) is 0 Å². The largest absolute Gasteiger partial charge is 0.417 e. The maximum atomic E-state index is 12.7. The Balaban J connectivity index is 1.66. The lowest BCUT2D eigenvalue weighted by Gasteiger charge is -2.32. The van der Waals surface area contributed by atoms with Crippen molar-refractivity contribution in [1.29, 1.82) is 0 Å². The molecule has 2 fully saturated rings. The minimum Gasteiger partial charge on any atom is -0.350 e. The van der Waals surface area contributed by atoms with Crippen molar-refractivity contribution in [1.82, 2.24) is 14.8 Å². The van der Waals surface area contributed by atoms with Crippen LogP contribution in [0.4, 0.5) is 13.2 Å². The van der Waals surface area contributed by atoms with Gasteiger partial charge < -0.3 is 9.88 Å². The molecule has 1 aromatic rings. The molecule has 8 heteroatoms. The molecule has 1 N–H and O–H groups in total. The first-order valence-corrected chi connectivity index (χ1v) is 8.16. The fourth-order valence-electron chi connectivity index (χ4n) is 3.65. The van der Waals surface area contributed by atoms with Gasteiger partial charge in [0.25, 0.3) is 5.56 Å². The molecule has 1 aromatic heterocycles. The van der Waals surface area contributed by atoms with E-state index in [1.807, 2.05) is 0 Å². The van der Waals surface area contributed by atoms with Gasteiger partial charge in [0, 0.05) is 30.9 Å². The highest BCUT2D eigenvalue weighted by Gasteiger charge is 2.36. The summed E-state index contributed by atoms with van der Waals surface area (Å²) >= 11 is 0. The van der Waals surface area contributed by atoms with E-state index in [9.17, 15) is 22.8 Å². The third-order valence-electron chi connectivity index (χ3n) is 4.83. The zero-order chi connectivity index (χ0) is 17.3. The summed E-state index contributed by atoms with van der Waals surface area (Å²) in [5.41, 5.74) is -1.56. The Morgan fingerprint density at radius 1 is 1.21 bits per heavy atom. The van der Waals surface area contributed by atoms with E-state index in [4.69, 9.17) is 0 Å². The number of alkyl halides is 3. The molecule has 0 saturated carbocycles. The van der Waals surface area contributed by atoms with E-state index in [2.05, 4.69) is 10.2 Å². The zero-order valence-corrected chi connectivity index (χ0v) is 13.2. The fraction of sp³-hybridized carbons (Fsp3) is 0.625. The molecule has 24 heavy (non-hydrogen) atoms. The van der Waals surface area contributed by atoms with Crippen LogP contribution in [0.15, 0.2) is 23.1 Å². The number of hydrogen-bond donors (Lipinski definition) is 1. The summed E-state index contributed by atoms with van der Waals surface area (Å²) in [6.45, 7) is 1.56. The zero-order valence-electron chi connectivity index (χ0n) is 13.2. The number of rotatable bonds is 3. The topological polar surface area (TPSA) is 54.3 Å². The van der Waals surface area contributed by atoms with Crippen LogP contribution < -0.4 is 10.9 Å². The predicted molar refractivity (Wildman–Crippen MR) is 81.5 cm³/mol. The standard InChI is InChI=1S/C16H20F3N3O2/c17-16(18,19)11-4-5-15(24)22(9-11)10-14(23)20-12-6-8-21-7-2-1-3-13(12)21/h4-5,9,12-13H,1-3,6-8,10H2,(H,20,23)/t12-,13+/m1/s1. The van der Waals surface area contributed by atoms with Crippen molar-refractivity contribution in [3.05, 3.63) is 34.2 Å². The number of aromatic nitrogens is 1. The molecule has 2 aliphatic heterocycles. The van der Waals surface area contributed by atoms with E-state index >= 15 is 0 Å². The Kier molecular flexibility index (Phi) is 4.67. The van der Waals surface area contributed by atoms with E-state index in [1.54, 1.807) is 0 Å². The molecule has 2 aliphatic rings. The van der Waals surface area contributed by atoms with E-state index in [0.717, 1.165) is 55.5 Å². The Bertz CT molecular complexity index is 671. The monoisotopic (exact) mass is 343 g/mol. The summed E-state index contributed by atoms with van der Waals surface area (Å²) in [7, 11) is 0. The second kappa shape index (κ2) is 6.58. The van der Waals surface area contributed by atoms with E-state index in [1.165, 1.54) is 0 Å². The highest BCUT2D eigenvalue weighted by molar-refractivity contribution is 5.76. The highest BCUT2D eigenvalue weighted by atomic mass is 19.4. The number of nitrogens with one attached hydrogen (secondary N) is 1. The van der Waals surface area contributed by atoms with Gasteiger partial charge in [-0.1, -0.05) is 6.42 Å². The minimum atomic E-state index is -4.54. The molecular weight excluding hydrogens is 323 g/mol. The number of carbonyl (C=O) groups is 1. The molecule has 5 nitrogen and oxygen atoms in total. The fourth-order valence-corrected chi connectivity index (χ4v) is 3.65. The third kappa shape index (κ3) is 3.63. The number of hydrogen-bond acceptors (Lipinski definition) is 3. The van der Waals surface area contributed by atoms with E-state index in [-0.39, 0.29) is 6.04 Å². The first-order valence-electron chi connectivity index (χ1n) is 8.16. The lowest BCUT2D eigenvalue weighted by Crippen LogP contribution is -2.48. The molecule has 0 radical (unpaired) electrons. The van der Waals surface area contributed by atoms with E-state index < -0.39 is 29.8 Å². The smallest absolute Gasteiger partial charge is 0.350 e. The van der Waals surface area contributed by atoms with Gasteiger partial charge in [-0.25, -0.2) is 0 Å². The Hall–Kier alpha value is -1.83. The van der Waals surface area contributed by atoms with Crippen LogP contribution in [0.1, 0.15) is 31.2 Å². The number of carbonyl (C=O) groups excluding carboxylic acids is 1. The molecule has 3 heterocycles. The Morgan fingerprint density at radius 3 is 2.75 bits per heavy atom. The molecule has 0 aromatic carbocycles. The van der Waals surface area contributed by atoms with Gasteiger partial charge in [-0.2, -0.15) is 13.2 Å². The number of pyridine rings is 1. The van der Waals surface area contributed by atoms with Crippen molar-refractivity contribution in [2.45, 2.75) is 50.5 Å². The third-order valence-corrected chi connectivity index (χ3v) is 4.83. The summed E-state index contributed by atoms with van der Waals surface area (Å²) in [6, 6.07) is 1.89. The molecule has 0 unspecified atom stereocenters. The van der Waals surface area contributed by atoms with Crippen LogP contribution in [0.3, 0.4) is 0 Å². The number of nitrogens with zero attached hydrogens (tertiary/aromatic N) is 2. The van der Waals surface area contributed by atoms with Gasteiger partial charge in [-0.3, -0.25) is 14.5 Å². The van der Waals surface area contributed by atoms with Gasteiger partial charge in [0.2, 0.25) is 5.91 Å². The Morgan fingerprint density at radius 2 is 2.00 bits per heavy atom. The van der Waals surface area contributed by atoms with Crippen LogP contribution in [0.25, 0.3) is 0 Å². The molecule has 2 atom stereocenters. The number of halogens is 3. The van der Waals surface area contributed by atoms with Gasteiger partial charge >= 0.3 is 6.18 Å². The van der Waals surface area contributed by atoms with Crippen LogP contribution >= 0.6 is 0 Å². The van der Waals surface area contributed by atoms with Gasteiger partial charge in [0.05, 0.1) is 5.56 Å². The molecule has 1 amide bonds. The maximum Gasteiger partial charge on any atom is 0.417 e. The van der Waals surface area contributed by atoms with Gasteiger partial charge in [0.1, 0.15) is 6.54 Å². The quantitative estimate of drug-likeness (QED) is 0.907. The summed E-state index contributed by atoms with van der Waals surface area (Å²) in [4.78, 5) is 26.2. The van der Waals surface area contributed by atoms with Crippen LogP contribution in [-0.4, -0.2) is 40.5 Å². The van der Waals surface area contributed by atoms with E-state index in [0.29, 0.717) is 12.2 Å². The lowest BCUT2D eigenvalue weighted by atomic mass is 9.99. The minimum absolute atomic E-state index is 0.0132. The number of fused-ring (bicyclic) bond motifs is 1. The summed E-state index contributed by atoms with van der Waals surface area (Å²) in [5.74, 6) is -0.422. The first kappa shape index (κ1) is 17.0. The average molecular weight is 343 g/mol. The maximum absolute atomic E-state index is 12.7. The molecule has 3 rings (SSSR count). The molecule has 0 aliphatic carbocycles. The predicted octanol–water partition coefficient (Wildman–Crippen LogP) is 1.61. The van der Waals surface area contributed by atoms with Crippen molar-refractivity contribution in [2.24, 2.45) is 0 Å². The Labute approximate surface area is 137 Å².